The number of rotatable bonds is 4. The SMILES string of the molecule is [2H]c1nc(N([2H])C2([2H])CC([2H])([2H])N(C([2H])c3c([2H])c(C)c(F)c(C#N)c3[2H])C([2H])([2H])C2)c2c([2H])c(Cl)sc2n1. The fraction of sp³-hybridized carbons (Fsp3) is 0.350. The average molecular weight is 427 g/mol. The predicted molar refractivity (Wildman–Crippen MR) is 110 cm³/mol. The van der Waals surface area contributed by atoms with Crippen LogP contribution in [0.25, 0.3) is 10.2 Å². The molecule has 3 heterocycles. The second-order valence-electron chi connectivity index (χ2n) is 5.76. The normalized spacial score (nSPS) is 27.1. The molecule has 1 aliphatic heterocycles. The molecule has 4 rings (SSSR count). The first-order valence-electron chi connectivity index (χ1n) is 13.5. The fourth-order valence-electron chi connectivity index (χ4n) is 2.53. The van der Waals surface area contributed by atoms with E-state index in [0.717, 1.165) is 18.3 Å². The molecule has 0 aliphatic carbocycles. The van der Waals surface area contributed by atoms with Gasteiger partial charge >= 0.3 is 0 Å². The van der Waals surface area contributed by atoms with Crippen LogP contribution in [0.15, 0.2) is 24.4 Å². The number of halogens is 2. The third-order valence-corrected chi connectivity index (χ3v) is 4.92. The molecule has 0 saturated carbocycles. The van der Waals surface area contributed by atoms with Gasteiger partial charge in [0.05, 0.1) is 20.8 Å². The number of piperidine rings is 1. The lowest BCUT2D eigenvalue weighted by Crippen LogP contribution is -2.38. The first kappa shape index (κ1) is 9.97. The van der Waals surface area contributed by atoms with Crippen LogP contribution in [0.1, 0.15) is 43.2 Å². The van der Waals surface area contributed by atoms with Gasteiger partial charge in [0.1, 0.15) is 30.2 Å². The smallest absolute Gasteiger partial charge is 0.162 e. The molecule has 144 valence electrons. The van der Waals surface area contributed by atoms with Crippen molar-refractivity contribution in [1.29, 1.82) is 5.26 Å². The quantitative estimate of drug-likeness (QED) is 0.652. The first-order valence-corrected chi connectivity index (χ1v) is 9.20. The summed E-state index contributed by atoms with van der Waals surface area (Å²) in [5, 5.41) is 9.64. The van der Waals surface area contributed by atoms with Crippen molar-refractivity contribution in [2.75, 3.05) is 18.3 Å². The summed E-state index contributed by atoms with van der Waals surface area (Å²) >= 11 is 6.87. The monoisotopic (exact) mass is 426 g/mol. The highest BCUT2D eigenvalue weighted by atomic mass is 35.5. The van der Waals surface area contributed by atoms with Gasteiger partial charge in [-0.1, -0.05) is 17.6 Å². The molecule has 1 saturated heterocycles. The van der Waals surface area contributed by atoms with Gasteiger partial charge < -0.3 is 5.31 Å². The Hall–Kier alpha value is -2.27. The van der Waals surface area contributed by atoms with Gasteiger partial charge in [-0.3, -0.25) is 4.90 Å². The van der Waals surface area contributed by atoms with Crippen LogP contribution in [-0.4, -0.2) is 33.9 Å². The molecule has 0 spiro atoms. The maximum atomic E-state index is 14.5. The lowest BCUT2D eigenvalue weighted by Gasteiger charge is -2.32. The topological polar surface area (TPSA) is 64.8 Å². The number of hydrogen-bond acceptors (Lipinski definition) is 6. The van der Waals surface area contributed by atoms with E-state index in [4.69, 9.17) is 26.7 Å². The summed E-state index contributed by atoms with van der Waals surface area (Å²) in [5.74, 6) is -1.54. The number of hydrogen-bond donors (Lipinski definition) is 1. The number of fused-ring (bicyclic) bond motifs is 1. The van der Waals surface area contributed by atoms with Crippen molar-refractivity contribution in [3.8, 4) is 6.07 Å². The average Bonchev–Trinajstić information content (AvgIpc) is 3.08. The van der Waals surface area contributed by atoms with Crippen LogP contribution in [0, 0.1) is 24.1 Å². The van der Waals surface area contributed by atoms with Crippen molar-refractivity contribution in [1.82, 2.24) is 14.9 Å². The Morgan fingerprint density at radius 1 is 1.54 bits per heavy atom. The van der Waals surface area contributed by atoms with Crippen LogP contribution >= 0.6 is 22.9 Å². The number of benzene rings is 1. The standard InChI is InChI=1S/C20H19ClFN5S/c1-12-6-13(7-14(9-23)18(12)22)10-27-4-2-15(3-5-27)26-19-16-8-17(21)28-20(16)25-11-24-19/h6-8,11,15H,2-5,10H2,1H3,(H,24,25,26)/i4D2,5D2,6D,7D,8D,10D,11D,15D/hD. The molecule has 2 aromatic heterocycles. The Morgan fingerprint density at radius 2 is 2.32 bits per heavy atom. The third kappa shape index (κ3) is 3.95. The summed E-state index contributed by atoms with van der Waals surface area (Å²) in [5.41, 5.74) is -1.71. The van der Waals surface area contributed by atoms with E-state index in [-0.39, 0.29) is 26.2 Å². The molecule has 8 heteroatoms. The number of nitrogens with zero attached hydrogens (tertiary/aromatic N) is 4. The maximum Gasteiger partial charge on any atom is 0.162 e. The number of nitrogens with one attached hydrogen (secondary N) is 1. The van der Waals surface area contributed by atoms with Crippen LogP contribution in [0.4, 0.5) is 10.2 Å². The highest BCUT2D eigenvalue weighted by Crippen LogP contribution is 2.32. The van der Waals surface area contributed by atoms with Gasteiger partial charge in [-0.25, -0.2) is 14.4 Å². The van der Waals surface area contributed by atoms with Crippen molar-refractivity contribution >= 4 is 39.0 Å². The van der Waals surface area contributed by atoms with Crippen molar-refractivity contribution in [2.45, 2.75) is 32.3 Å². The Labute approximate surface area is 187 Å². The largest absolute Gasteiger partial charge is 0.367 e. The van der Waals surface area contributed by atoms with Crippen molar-refractivity contribution in [3.05, 3.63) is 51.3 Å². The van der Waals surface area contributed by atoms with Crippen LogP contribution in [0.5, 0.6) is 0 Å². The highest BCUT2D eigenvalue weighted by Gasteiger charge is 2.21. The van der Waals surface area contributed by atoms with E-state index in [1.807, 2.05) is 0 Å². The predicted octanol–water partition coefficient (Wildman–Crippen LogP) is 4.74. The van der Waals surface area contributed by atoms with E-state index < -0.39 is 79.5 Å². The summed E-state index contributed by atoms with van der Waals surface area (Å²) in [7, 11) is 0. The van der Waals surface area contributed by atoms with Crippen LogP contribution in [-0.2, 0) is 6.52 Å². The van der Waals surface area contributed by atoms with E-state index in [2.05, 4.69) is 9.97 Å². The van der Waals surface area contributed by atoms with Crippen LogP contribution < -0.4 is 5.31 Å². The Kier molecular flexibility index (Phi) is 2.85. The minimum atomic E-state index is -2.85. The van der Waals surface area contributed by atoms with Gasteiger partial charge in [0.25, 0.3) is 0 Å². The number of thiophene rings is 1. The number of nitriles is 1. The molecule has 0 bridgehead atoms. The van der Waals surface area contributed by atoms with Crippen molar-refractivity contribution in [2.24, 2.45) is 0 Å². The zero-order valence-electron chi connectivity index (χ0n) is 25.4. The number of anilines is 1. The molecular weight excluding hydrogens is 397 g/mol. The van der Waals surface area contributed by atoms with Gasteiger partial charge in [0, 0.05) is 32.4 Å². The molecular formula is C20H19ClFN5S. The zero-order valence-corrected chi connectivity index (χ0v) is 16.0. The molecule has 1 unspecified atom stereocenters. The lowest BCUT2D eigenvalue weighted by molar-refractivity contribution is 0.211. The first-order chi connectivity index (χ1) is 17.9. The van der Waals surface area contributed by atoms with Gasteiger partial charge in [-0.05, 0) is 43.0 Å². The molecule has 0 amide bonds. The maximum absolute atomic E-state index is 14.5. The molecule has 1 fully saturated rings. The van der Waals surface area contributed by atoms with E-state index in [1.165, 1.54) is 6.07 Å². The molecule has 3 aromatic rings. The van der Waals surface area contributed by atoms with Crippen molar-refractivity contribution in [3.63, 3.8) is 0 Å². The number of likely N-dealkylation sites (tertiary alicyclic amines) is 1. The Bertz CT molecular complexity index is 1530. The minimum absolute atomic E-state index is 0.0140. The summed E-state index contributed by atoms with van der Waals surface area (Å²) in [6, 6.07) is -2.66. The fourth-order valence-corrected chi connectivity index (χ4v) is 3.49. The van der Waals surface area contributed by atoms with Gasteiger partial charge in [0.15, 0.2) is 1.41 Å². The Balaban J connectivity index is 1.81. The van der Waals surface area contributed by atoms with E-state index >= 15 is 0 Å². The molecule has 1 aromatic carbocycles. The molecule has 1 aliphatic rings. The van der Waals surface area contributed by atoms with Gasteiger partial charge in [-0.15, -0.1) is 11.3 Å². The van der Waals surface area contributed by atoms with Gasteiger partial charge in [-0.2, -0.15) is 5.26 Å². The van der Waals surface area contributed by atoms with Gasteiger partial charge in [0.2, 0.25) is 0 Å². The van der Waals surface area contributed by atoms with Crippen LogP contribution in [0.3, 0.4) is 0 Å². The van der Waals surface area contributed by atoms with E-state index in [1.54, 1.807) is 0 Å². The molecule has 0 radical (unpaired) electrons. The minimum Gasteiger partial charge on any atom is -0.367 e. The van der Waals surface area contributed by atoms with E-state index in [9.17, 15) is 9.65 Å². The summed E-state index contributed by atoms with van der Waals surface area (Å²) < 4.78 is 108. The Morgan fingerprint density at radius 3 is 3.07 bits per heavy atom. The summed E-state index contributed by atoms with van der Waals surface area (Å²) in [6.45, 7) is -6.64. The molecule has 5 nitrogen and oxygen atoms in total. The van der Waals surface area contributed by atoms with Crippen LogP contribution in [0.2, 0.25) is 5.75 Å². The zero-order chi connectivity index (χ0) is 29.4. The molecule has 1 atom stereocenters. The van der Waals surface area contributed by atoms with E-state index in [0.29, 0.717) is 10.2 Å². The second kappa shape index (κ2) is 8.00. The summed E-state index contributed by atoms with van der Waals surface area (Å²) in [4.78, 5) is 8.20. The second-order valence-corrected chi connectivity index (χ2v) is 7.37. The third-order valence-electron chi connectivity index (χ3n) is 3.83. The highest BCUT2D eigenvalue weighted by molar-refractivity contribution is 7.22. The van der Waals surface area contributed by atoms with Crippen molar-refractivity contribution < 1.29 is 19.5 Å². The number of aromatic nitrogens is 2. The molecule has 1 N–H and O–H groups in total. The molecule has 28 heavy (non-hydrogen) atoms. The lowest BCUT2D eigenvalue weighted by atomic mass is 10.0. The summed E-state index contributed by atoms with van der Waals surface area (Å²) in [6.07, 6.45) is -2.38.